The predicted octanol–water partition coefficient (Wildman–Crippen LogP) is 0.404. The van der Waals surface area contributed by atoms with Crippen LogP contribution in [0.4, 0.5) is 0 Å². The third kappa shape index (κ3) is 2.00. The first-order valence-electron chi connectivity index (χ1n) is 6.33. The molecule has 19 heavy (non-hydrogen) atoms. The van der Waals surface area contributed by atoms with E-state index in [1.807, 2.05) is 4.57 Å². The number of fused-ring (bicyclic) bond motifs is 3. The number of carbonyl (C=O) groups is 1. The zero-order valence-electron chi connectivity index (χ0n) is 10.4. The summed E-state index contributed by atoms with van der Waals surface area (Å²) in [4.78, 5) is 31.4. The Hall–Kier alpha value is -2.18. The fourth-order valence-corrected chi connectivity index (χ4v) is 2.49. The Morgan fingerprint density at radius 3 is 3.00 bits per heavy atom. The Balaban J connectivity index is 2.17. The molecule has 7 nitrogen and oxygen atoms in total. The second-order valence-corrected chi connectivity index (χ2v) is 4.73. The zero-order chi connectivity index (χ0) is 13.4. The van der Waals surface area contributed by atoms with Crippen LogP contribution in [0.15, 0.2) is 11.1 Å². The number of rotatable bonds is 2. The second-order valence-electron chi connectivity index (χ2n) is 4.73. The van der Waals surface area contributed by atoms with Crippen LogP contribution in [0.3, 0.4) is 0 Å². The first-order chi connectivity index (χ1) is 9.16. The molecule has 0 aliphatic carbocycles. The molecule has 2 aromatic rings. The molecule has 0 bridgehead atoms. The van der Waals surface area contributed by atoms with Gasteiger partial charge in [0.1, 0.15) is 18.7 Å². The van der Waals surface area contributed by atoms with E-state index in [2.05, 4.69) is 9.97 Å². The standard InChI is InChI=1S/C12H14N4O3/c17-9(18)6-15-7-13-11-10(12(15)19)14-8-4-2-1-3-5-16(8)11/h7H,1-6H2,(H,17,18). The fraction of sp³-hybridized carbons (Fsp3) is 0.500. The van der Waals surface area contributed by atoms with Gasteiger partial charge in [-0.05, 0) is 12.8 Å². The van der Waals surface area contributed by atoms with Crippen molar-refractivity contribution in [1.82, 2.24) is 19.1 Å². The molecule has 0 saturated heterocycles. The second kappa shape index (κ2) is 4.49. The van der Waals surface area contributed by atoms with E-state index in [-0.39, 0.29) is 17.6 Å². The van der Waals surface area contributed by atoms with Crippen molar-refractivity contribution >= 4 is 17.1 Å². The molecule has 7 heteroatoms. The van der Waals surface area contributed by atoms with Crippen molar-refractivity contribution in [2.24, 2.45) is 0 Å². The van der Waals surface area contributed by atoms with Crippen LogP contribution < -0.4 is 5.56 Å². The summed E-state index contributed by atoms with van der Waals surface area (Å²) in [5, 5.41) is 8.75. The first kappa shape index (κ1) is 11.9. The van der Waals surface area contributed by atoms with Crippen LogP contribution in [0.25, 0.3) is 11.2 Å². The van der Waals surface area contributed by atoms with E-state index in [4.69, 9.17) is 5.11 Å². The Kier molecular flexibility index (Phi) is 2.81. The first-order valence-corrected chi connectivity index (χ1v) is 6.33. The van der Waals surface area contributed by atoms with Crippen LogP contribution in [-0.2, 0) is 24.3 Å². The highest BCUT2D eigenvalue weighted by Crippen LogP contribution is 2.18. The maximum absolute atomic E-state index is 12.2. The van der Waals surface area contributed by atoms with E-state index in [1.54, 1.807) is 0 Å². The molecule has 0 spiro atoms. The Morgan fingerprint density at radius 1 is 1.37 bits per heavy atom. The van der Waals surface area contributed by atoms with E-state index < -0.39 is 5.97 Å². The van der Waals surface area contributed by atoms with E-state index in [0.29, 0.717) is 5.65 Å². The van der Waals surface area contributed by atoms with Gasteiger partial charge in [-0.15, -0.1) is 0 Å². The number of carboxylic acids is 1. The van der Waals surface area contributed by atoms with Crippen molar-refractivity contribution in [1.29, 1.82) is 0 Å². The van der Waals surface area contributed by atoms with Gasteiger partial charge in [0.2, 0.25) is 0 Å². The lowest BCUT2D eigenvalue weighted by molar-refractivity contribution is -0.137. The number of aryl methyl sites for hydroxylation is 2. The molecule has 100 valence electrons. The zero-order valence-corrected chi connectivity index (χ0v) is 10.4. The van der Waals surface area contributed by atoms with Gasteiger partial charge in [0.15, 0.2) is 11.2 Å². The normalized spacial score (nSPS) is 15.2. The summed E-state index contributed by atoms with van der Waals surface area (Å²) in [5.41, 5.74) is 0.470. The fourth-order valence-electron chi connectivity index (χ4n) is 2.49. The van der Waals surface area contributed by atoms with Crippen molar-refractivity contribution in [2.75, 3.05) is 0 Å². The summed E-state index contributed by atoms with van der Waals surface area (Å²) in [6.07, 6.45) is 5.40. The molecular formula is C12H14N4O3. The van der Waals surface area contributed by atoms with Gasteiger partial charge in [-0.3, -0.25) is 14.2 Å². The molecule has 0 amide bonds. The van der Waals surface area contributed by atoms with Gasteiger partial charge in [0.25, 0.3) is 5.56 Å². The van der Waals surface area contributed by atoms with Crippen LogP contribution in [0.1, 0.15) is 25.1 Å². The van der Waals surface area contributed by atoms with E-state index in [0.717, 1.165) is 42.6 Å². The summed E-state index contributed by atoms with van der Waals surface area (Å²) in [6, 6.07) is 0. The molecule has 2 aromatic heterocycles. The van der Waals surface area contributed by atoms with E-state index in [9.17, 15) is 9.59 Å². The van der Waals surface area contributed by atoms with Crippen molar-refractivity contribution in [3.05, 3.63) is 22.5 Å². The van der Waals surface area contributed by atoms with Gasteiger partial charge >= 0.3 is 5.97 Å². The lowest BCUT2D eigenvalue weighted by atomic mass is 10.2. The molecule has 0 fully saturated rings. The number of hydrogen-bond acceptors (Lipinski definition) is 4. The predicted molar refractivity (Wildman–Crippen MR) is 67.0 cm³/mol. The van der Waals surface area contributed by atoms with Crippen molar-refractivity contribution in [3.8, 4) is 0 Å². The number of carboxylic acid groups (broad SMARTS) is 1. The lowest BCUT2D eigenvalue weighted by Gasteiger charge is -2.04. The quantitative estimate of drug-likeness (QED) is 0.846. The van der Waals surface area contributed by atoms with Gasteiger partial charge in [-0.1, -0.05) is 6.42 Å². The van der Waals surface area contributed by atoms with Crippen molar-refractivity contribution in [3.63, 3.8) is 0 Å². The minimum atomic E-state index is -1.07. The number of aromatic nitrogens is 4. The number of imidazole rings is 1. The molecule has 0 atom stereocenters. The van der Waals surface area contributed by atoms with Gasteiger partial charge < -0.3 is 9.67 Å². The van der Waals surface area contributed by atoms with Gasteiger partial charge in [-0.25, -0.2) is 9.97 Å². The third-order valence-corrected chi connectivity index (χ3v) is 3.39. The topological polar surface area (TPSA) is 90.0 Å². The molecule has 3 heterocycles. The maximum atomic E-state index is 12.2. The van der Waals surface area contributed by atoms with Gasteiger partial charge in [0, 0.05) is 13.0 Å². The Labute approximate surface area is 108 Å². The molecule has 1 aliphatic rings. The molecule has 0 aromatic carbocycles. The molecule has 1 aliphatic heterocycles. The number of nitrogens with zero attached hydrogens (tertiary/aromatic N) is 4. The van der Waals surface area contributed by atoms with Gasteiger partial charge in [0.05, 0.1) is 0 Å². The largest absolute Gasteiger partial charge is 0.480 e. The average molecular weight is 262 g/mol. The highest BCUT2D eigenvalue weighted by molar-refractivity contribution is 5.71. The molecule has 0 saturated carbocycles. The summed E-state index contributed by atoms with van der Waals surface area (Å²) in [7, 11) is 0. The van der Waals surface area contributed by atoms with Crippen molar-refractivity contribution < 1.29 is 9.90 Å². The summed E-state index contributed by atoms with van der Waals surface area (Å²) in [5.74, 6) is -0.186. The molecule has 3 rings (SSSR count). The third-order valence-electron chi connectivity index (χ3n) is 3.39. The number of hydrogen-bond donors (Lipinski definition) is 1. The van der Waals surface area contributed by atoms with E-state index >= 15 is 0 Å². The van der Waals surface area contributed by atoms with Crippen LogP contribution in [0.5, 0.6) is 0 Å². The minimum absolute atomic E-state index is 0.278. The minimum Gasteiger partial charge on any atom is -0.480 e. The van der Waals surface area contributed by atoms with Crippen LogP contribution >= 0.6 is 0 Å². The maximum Gasteiger partial charge on any atom is 0.323 e. The highest BCUT2D eigenvalue weighted by atomic mass is 16.4. The summed E-state index contributed by atoms with van der Waals surface area (Å²) in [6.45, 7) is 0.436. The average Bonchev–Trinajstić information content (AvgIpc) is 2.56. The molecule has 0 unspecified atom stereocenters. The van der Waals surface area contributed by atoms with Crippen LogP contribution in [0.2, 0.25) is 0 Å². The van der Waals surface area contributed by atoms with Crippen LogP contribution in [-0.4, -0.2) is 30.2 Å². The van der Waals surface area contributed by atoms with Crippen LogP contribution in [0, 0.1) is 0 Å². The molecule has 0 radical (unpaired) electrons. The molecule has 1 N–H and O–H groups in total. The monoisotopic (exact) mass is 262 g/mol. The van der Waals surface area contributed by atoms with Gasteiger partial charge in [-0.2, -0.15) is 0 Å². The number of aliphatic carboxylic acids is 1. The van der Waals surface area contributed by atoms with E-state index in [1.165, 1.54) is 6.33 Å². The molecular weight excluding hydrogens is 248 g/mol. The SMILES string of the molecule is O=C(O)Cn1cnc2c(nc3n2CCCCC3)c1=O. The van der Waals surface area contributed by atoms with Crippen molar-refractivity contribution in [2.45, 2.75) is 38.8 Å². The lowest BCUT2D eigenvalue weighted by Crippen LogP contribution is -2.24. The Bertz CT molecular complexity index is 701. The smallest absolute Gasteiger partial charge is 0.323 e. The Morgan fingerprint density at radius 2 is 2.21 bits per heavy atom. The summed E-state index contributed by atoms with van der Waals surface area (Å²) >= 11 is 0. The highest BCUT2D eigenvalue weighted by Gasteiger charge is 2.18. The summed E-state index contributed by atoms with van der Waals surface area (Å²) < 4.78 is 3.06.